The Morgan fingerprint density at radius 2 is 2.15 bits per heavy atom. The number of hydrogen-bond donors (Lipinski definition) is 0. The van der Waals surface area contributed by atoms with E-state index in [1.54, 1.807) is 0 Å². The van der Waals surface area contributed by atoms with Crippen molar-refractivity contribution in [1.82, 2.24) is 0 Å². The summed E-state index contributed by atoms with van der Waals surface area (Å²) < 4.78 is 0. The van der Waals surface area contributed by atoms with Gasteiger partial charge in [0.05, 0.1) is 0 Å². The Morgan fingerprint density at radius 1 is 1.38 bits per heavy atom. The van der Waals surface area contributed by atoms with Gasteiger partial charge in [-0.05, 0) is 17.5 Å². The molecule has 1 atom stereocenters. The topological polar surface area (TPSA) is 0 Å². The van der Waals surface area contributed by atoms with Gasteiger partial charge in [0.2, 0.25) is 0 Å². The van der Waals surface area contributed by atoms with Gasteiger partial charge in [-0.2, -0.15) is 0 Å². The minimum Gasteiger partial charge on any atom is -0.0898 e. The molecule has 1 aliphatic rings. The standard InChI is InChI=1S/C12H11Cl/c1-9(13)8-11-7-6-10-4-2-3-5-12(10)11/h2-7,11H,1,8H2. The highest BCUT2D eigenvalue weighted by Crippen LogP contribution is 2.34. The summed E-state index contributed by atoms with van der Waals surface area (Å²) in [6, 6.07) is 8.40. The summed E-state index contributed by atoms with van der Waals surface area (Å²) in [6.45, 7) is 3.72. The molecule has 0 saturated carbocycles. The third-order valence-corrected chi connectivity index (χ3v) is 2.50. The van der Waals surface area contributed by atoms with Gasteiger partial charge in [-0.3, -0.25) is 0 Å². The van der Waals surface area contributed by atoms with Crippen molar-refractivity contribution in [2.24, 2.45) is 0 Å². The van der Waals surface area contributed by atoms with Gasteiger partial charge in [0.15, 0.2) is 0 Å². The van der Waals surface area contributed by atoms with Crippen LogP contribution in [-0.2, 0) is 0 Å². The highest BCUT2D eigenvalue weighted by atomic mass is 35.5. The second-order valence-corrected chi connectivity index (χ2v) is 3.85. The first-order valence-corrected chi connectivity index (χ1v) is 4.75. The Hall–Kier alpha value is -1.01. The summed E-state index contributed by atoms with van der Waals surface area (Å²) >= 11 is 5.80. The minimum absolute atomic E-state index is 0.432. The Balaban J connectivity index is 2.28. The van der Waals surface area contributed by atoms with Crippen molar-refractivity contribution < 1.29 is 0 Å². The predicted molar refractivity (Wildman–Crippen MR) is 57.8 cm³/mol. The molecule has 0 heterocycles. The zero-order valence-electron chi connectivity index (χ0n) is 7.33. The van der Waals surface area contributed by atoms with E-state index in [1.165, 1.54) is 11.1 Å². The predicted octanol–water partition coefficient (Wildman–Crippen LogP) is 3.94. The lowest BCUT2D eigenvalue weighted by Gasteiger charge is -2.08. The van der Waals surface area contributed by atoms with Gasteiger partial charge in [-0.15, -0.1) is 0 Å². The van der Waals surface area contributed by atoms with E-state index in [0.717, 1.165) is 11.5 Å². The zero-order valence-corrected chi connectivity index (χ0v) is 8.09. The Morgan fingerprint density at radius 3 is 2.92 bits per heavy atom. The Labute approximate surface area is 83.5 Å². The van der Waals surface area contributed by atoms with Crippen molar-refractivity contribution in [3.05, 3.63) is 53.1 Å². The quantitative estimate of drug-likeness (QED) is 0.663. The van der Waals surface area contributed by atoms with Crippen LogP contribution in [0, 0.1) is 0 Å². The number of allylic oxidation sites excluding steroid dienone is 2. The average molecular weight is 191 g/mol. The highest BCUT2D eigenvalue weighted by molar-refractivity contribution is 6.29. The average Bonchev–Trinajstić information content (AvgIpc) is 2.48. The van der Waals surface area contributed by atoms with Gasteiger partial charge >= 0.3 is 0 Å². The molecule has 1 heteroatoms. The van der Waals surface area contributed by atoms with Crippen LogP contribution >= 0.6 is 11.6 Å². The number of rotatable bonds is 2. The molecule has 1 aromatic carbocycles. The molecule has 0 radical (unpaired) electrons. The summed E-state index contributed by atoms with van der Waals surface area (Å²) in [7, 11) is 0. The van der Waals surface area contributed by atoms with E-state index in [0.29, 0.717) is 5.92 Å². The van der Waals surface area contributed by atoms with Gasteiger partial charge in [-0.1, -0.05) is 54.6 Å². The molecule has 0 bridgehead atoms. The van der Waals surface area contributed by atoms with Crippen LogP contribution < -0.4 is 0 Å². The van der Waals surface area contributed by atoms with E-state index in [1.807, 2.05) is 0 Å². The van der Waals surface area contributed by atoms with E-state index in [9.17, 15) is 0 Å². The van der Waals surface area contributed by atoms with E-state index in [-0.39, 0.29) is 0 Å². The molecule has 0 N–H and O–H groups in total. The van der Waals surface area contributed by atoms with Crippen LogP contribution in [-0.4, -0.2) is 0 Å². The van der Waals surface area contributed by atoms with Crippen molar-refractivity contribution in [3.63, 3.8) is 0 Å². The largest absolute Gasteiger partial charge is 0.0898 e. The molecule has 1 aromatic rings. The third kappa shape index (κ3) is 1.68. The maximum atomic E-state index is 5.80. The van der Waals surface area contributed by atoms with Crippen LogP contribution in [0.3, 0.4) is 0 Å². The zero-order chi connectivity index (χ0) is 9.26. The van der Waals surface area contributed by atoms with Crippen molar-refractivity contribution in [2.45, 2.75) is 12.3 Å². The normalized spacial score (nSPS) is 18.7. The monoisotopic (exact) mass is 190 g/mol. The lowest BCUT2D eigenvalue weighted by atomic mass is 9.98. The first-order chi connectivity index (χ1) is 6.27. The second kappa shape index (κ2) is 3.39. The molecule has 66 valence electrons. The SMILES string of the molecule is C=C(Cl)CC1C=Cc2ccccc21. The maximum Gasteiger partial charge on any atom is 0.0118 e. The number of fused-ring (bicyclic) bond motifs is 1. The van der Waals surface area contributed by atoms with Gasteiger partial charge in [0.25, 0.3) is 0 Å². The first kappa shape index (κ1) is 8.58. The summed E-state index contributed by atoms with van der Waals surface area (Å²) in [6.07, 6.45) is 5.19. The molecule has 0 aliphatic heterocycles. The van der Waals surface area contributed by atoms with Gasteiger partial charge in [0.1, 0.15) is 0 Å². The number of hydrogen-bond acceptors (Lipinski definition) is 0. The molecular formula is C12H11Cl. The molecule has 13 heavy (non-hydrogen) atoms. The van der Waals surface area contributed by atoms with Crippen molar-refractivity contribution in [1.29, 1.82) is 0 Å². The van der Waals surface area contributed by atoms with Crippen molar-refractivity contribution in [3.8, 4) is 0 Å². The second-order valence-electron chi connectivity index (χ2n) is 3.32. The molecule has 2 rings (SSSR count). The summed E-state index contributed by atoms with van der Waals surface area (Å²) in [5, 5.41) is 0.728. The third-order valence-electron chi connectivity index (χ3n) is 2.34. The molecule has 0 amide bonds. The molecule has 0 fully saturated rings. The molecule has 1 unspecified atom stereocenters. The van der Waals surface area contributed by atoms with Crippen LogP contribution in [0.2, 0.25) is 0 Å². The first-order valence-electron chi connectivity index (χ1n) is 4.38. The summed E-state index contributed by atoms with van der Waals surface area (Å²) in [5.41, 5.74) is 2.68. The fraction of sp³-hybridized carbons (Fsp3) is 0.167. The molecule has 0 saturated heterocycles. The Kier molecular flexibility index (Phi) is 2.24. The molecule has 0 spiro atoms. The summed E-state index contributed by atoms with van der Waals surface area (Å²) in [5.74, 6) is 0.432. The molecule has 0 nitrogen and oxygen atoms in total. The number of halogens is 1. The minimum atomic E-state index is 0.432. The fourth-order valence-corrected chi connectivity index (χ4v) is 1.91. The fourth-order valence-electron chi connectivity index (χ4n) is 1.74. The van der Waals surface area contributed by atoms with Crippen LogP contribution in [0.1, 0.15) is 23.5 Å². The molecule has 1 aliphatic carbocycles. The summed E-state index contributed by atoms with van der Waals surface area (Å²) in [4.78, 5) is 0. The number of benzene rings is 1. The van der Waals surface area contributed by atoms with E-state index < -0.39 is 0 Å². The molecular weight excluding hydrogens is 180 g/mol. The van der Waals surface area contributed by atoms with E-state index in [2.05, 4.69) is 43.0 Å². The lowest BCUT2D eigenvalue weighted by molar-refractivity contribution is 0.870. The van der Waals surface area contributed by atoms with E-state index >= 15 is 0 Å². The maximum absolute atomic E-state index is 5.80. The van der Waals surface area contributed by atoms with Crippen molar-refractivity contribution >= 4 is 17.7 Å². The van der Waals surface area contributed by atoms with Crippen LogP contribution in [0.25, 0.3) is 6.08 Å². The van der Waals surface area contributed by atoms with E-state index in [4.69, 9.17) is 11.6 Å². The Bertz CT molecular complexity index is 363. The highest BCUT2D eigenvalue weighted by Gasteiger charge is 2.16. The van der Waals surface area contributed by atoms with Crippen LogP contribution in [0.4, 0.5) is 0 Å². The lowest BCUT2D eigenvalue weighted by Crippen LogP contribution is -1.92. The van der Waals surface area contributed by atoms with Gasteiger partial charge in [0, 0.05) is 11.0 Å². The van der Waals surface area contributed by atoms with Gasteiger partial charge < -0.3 is 0 Å². The van der Waals surface area contributed by atoms with Crippen LogP contribution in [0.5, 0.6) is 0 Å². The molecule has 0 aromatic heterocycles. The van der Waals surface area contributed by atoms with Crippen molar-refractivity contribution in [2.75, 3.05) is 0 Å². The smallest absolute Gasteiger partial charge is 0.0118 e. The van der Waals surface area contributed by atoms with Gasteiger partial charge in [-0.25, -0.2) is 0 Å². The van der Waals surface area contributed by atoms with Crippen LogP contribution in [0.15, 0.2) is 42.0 Å².